The van der Waals surface area contributed by atoms with Crippen molar-refractivity contribution in [2.75, 3.05) is 7.11 Å². The van der Waals surface area contributed by atoms with E-state index in [4.69, 9.17) is 9.47 Å². The van der Waals surface area contributed by atoms with E-state index in [1.807, 2.05) is 44.2 Å². The van der Waals surface area contributed by atoms with Gasteiger partial charge in [-0.2, -0.15) is 0 Å². The first-order chi connectivity index (χ1) is 13.3. The van der Waals surface area contributed by atoms with E-state index in [-0.39, 0.29) is 23.7 Å². The van der Waals surface area contributed by atoms with Crippen LogP contribution >= 0.6 is 0 Å². The largest absolute Gasteiger partial charge is 0.469 e. The third-order valence-corrected chi connectivity index (χ3v) is 5.52. The van der Waals surface area contributed by atoms with Crippen LogP contribution in [0.3, 0.4) is 0 Å². The fourth-order valence-corrected chi connectivity index (χ4v) is 3.27. The van der Waals surface area contributed by atoms with Gasteiger partial charge < -0.3 is 9.47 Å². The SMILES string of the molecule is CCC(C)C(CC(=O)Oc1ccc(C(C)(C)c2ccccc2)cc1)C(=O)OC. The molecule has 2 unspecified atom stereocenters. The van der Waals surface area contributed by atoms with Crippen LogP contribution < -0.4 is 4.74 Å². The Morgan fingerprint density at radius 2 is 1.54 bits per heavy atom. The molecule has 0 heterocycles. The number of carbonyl (C=O) groups is 2. The zero-order valence-electron chi connectivity index (χ0n) is 17.4. The molecule has 0 saturated carbocycles. The number of esters is 2. The van der Waals surface area contributed by atoms with Gasteiger partial charge in [0.1, 0.15) is 5.75 Å². The molecule has 4 heteroatoms. The molecule has 4 nitrogen and oxygen atoms in total. The third kappa shape index (κ3) is 5.22. The summed E-state index contributed by atoms with van der Waals surface area (Å²) in [6.45, 7) is 8.25. The van der Waals surface area contributed by atoms with Crippen molar-refractivity contribution >= 4 is 11.9 Å². The molecule has 2 aromatic rings. The Bertz CT molecular complexity index is 778. The smallest absolute Gasteiger partial charge is 0.312 e. The number of methoxy groups -OCH3 is 1. The van der Waals surface area contributed by atoms with Crippen molar-refractivity contribution in [1.82, 2.24) is 0 Å². The highest BCUT2D eigenvalue weighted by Crippen LogP contribution is 2.32. The van der Waals surface area contributed by atoms with E-state index >= 15 is 0 Å². The van der Waals surface area contributed by atoms with Crippen LogP contribution in [0.25, 0.3) is 0 Å². The van der Waals surface area contributed by atoms with E-state index in [2.05, 4.69) is 26.0 Å². The number of hydrogen-bond acceptors (Lipinski definition) is 4. The lowest BCUT2D eigenvalue weighted by atomic mass is 9.78. The van der Waals surface area contributed by atoms with Crippen LogP contribution in [0, 0.1) is 11.8 Å². The normalized spacial score (nSPS) is 13.5. The van der Waals surface area contributed by atoms with Crippen molar-refractivity contribution in [2.45, 2.75) is 46.0 Å². The minimum atomic E-state index is -0.487. The van der Waals surface area contributed by atoms with E-state index < -0.39 is 11.9 Å². The molecule has 0 radical (unpaired) electrons. The lowest BCUT2D eigenvalue weighted by Crippen LogP contribution is -2.27. The first-order valence-corrected chi connectivity index (χ1v) is 9.74. The minimum absolute atomic E-state index is 0.0128. The van der Waals surface area contributed by atoms with E-state index in [0.29, 0.717) is 5.75 Å². The summed E-state index contributed by atoms with van der Waals surface area (Å²) in [7, 11) is 1.34. The highest BCUT2D eigenvalue weighted by molar-refractivity contribution is 5.81. The Kier molecular flexibility index (Phi) is 7.38. The van der Waals surface area contributed by atoms with E-state index in [9.17, 15) is 9.59 Å². The summed E-state index contributed by atoms with van der Waals surface area (Å²) in [4.78, 5) is 24.3. The number of rotatable bonds is 8. The van der Waals surface area contributed by atoms with Crippen molar-refractivity contribution in [1.29, 1.82) is 0 Å². The van der Waals surface area contributed by atoms with Gasteiger partial charge in [-0.15, -0.1) is 0 Å². The lowest BCUT2D eigenvalue weighted by Gasteiger charge is -2.26. The van der Waals surface area contributed by atoms with Crippen LogP contribution in [0.15, 0.2) is 54.6 Å². The summed E-state index contributed by atoms with van der Waals surface area (Å²) in [5.74, 6) is -0.754. The summed E-state index contributed by atoms with van der Waals surface area (Å²) in [6.07, 6.45) is 0.801. The second-order valence-electron chi connectivity index (χ2n) is 7.71. The average Bonchev–Trinajstić information content (AvgIpc) is 2.72. The summed E-state index contributed by atoms with van der Waals surface area (Å²) in [6, 6.07) is 17.8. The minimum Gasteiger partial charge on any atom is -0.469 e. The molecule has 0 amide bonds. The van der Waals surface area contributed by atoms with Crippen LogP contribution in [-0.4, -0.2) is 19.0 Å². The quantitative estimate of drug-likeness (QED) is 0.468. The van der Waals surface area contributed by atoms with Gasteiger partial charge >= 0.3 is 11.9 Å². The Morgan fingerprint density at radius 3 is 2.07 bits per heavy atom. The molecular formula is C24H30O4. The maximum Gasteiger partial charge on any atom is 0.312 e. The molecule has 0 aromatic heterocycles. The van der Waals surface area contributed by atoms with E-state index in [0.717, 1.165) is 12.0 Å². The van der Waals surface area contributed by atoms with Gasteiger partial charge in [0.25, 0.3) is 0 Å². The van der Waals surface area contributed by atoms with Gasteiger partial charge in [-0.1, -0.05) is 76.6 Å². The van der Waals surface area contributed by atoms with Gasteiger partial charge in [0.15, 0.2) is 0 Å². The molecule has 0 aliphatic rings. The van der Waals surface area contributed by atoms with Crippen molar-refractivity contribution in [3.8, 4) is 5.75 Å². The summed E-state index contributed by atoms with van der Waals surface area (Å²) >= 11 is 0. The molecule has 0 spiro atoms. The second-order valence-corrected chi connectivity index (χ2v) is 7.71. The topological polar surface area (TPSA) is 52.6 Å². The van der Waals surface area contributed by atoms with E-state index in [1.54, 1.807) is 12.1 Å². The molecule has 2 atom stereocenters. The van der Waals surface area contributed by atoms with Crippen LogP contribution in [0.5, 0.6) is 5.75 Å². The zero-order valence-corrected chi connectivity index (χ0v) is 17.4. The van der Waals surface area contributed by atoms with Crippen molar-refractivity contribution in [3.05, 3.63) is 65.7 Å². The van der Waals surface area contributed by atoms with Gasteiger partial charge in [-0.25, -0.2) is 0 Å². The van der Waals surface area contributed by atoms with Crippen LogP contribution in [-0.2, 0) is 19.7 Å². The van der Waals surface area contributed by atoms with Gasteiger partial charge in [-0.3, -0.25) is 9.59 Å². The predicted molar refractivity (Wildman–Crippen MR) is 110 cm³/mol. The molecule has 0 saturated heterocycles. The van der Waals surface area contributed by atoms with Gasteiger partial charge in [0.2, 0.25) is 0 Å². The lowest BCUT2D eigenvalue weighted by molar-refractivity contribution is -0.151. The van der Waals surface area contributed by atoms with Gasteiger partial charge in [0.05, 0.1) is 19.4 Å². The van der Waals surface area contributed by atoms with Crippen molar-refractivity contribution in [3.63, 3.8) is 0 Å². The average molecular weight is 383 g/mol. The highest BCUT2D eigenvalue weighted by atomic mass is 16.5. The first-order valence-electron chi connectivity index (χ1n) is 9.74. The maximum atomic E-state index is 12.3. The molecule has 0 aliphatic carbocycles. The number of hydrogen-bond donors (Lipinski definition) is 0. The molecule has 2 aromatic carbocycles. The highest BCUT2D eigenvalue weighted by Gasteiger charge is 2.28. The Morgan fingerprint density at radius 1 is 0.964 bits per heavy atom. The van der Waals surface area contributed by atoms with E-state index in [1.165, 1.54) is 12.7 Å². The fraction of sp³-hybridized carbons (Fsp3) is 0.417. The predicted octanol–water partition coefficient (Wildman–Crippen LogP) is 5.14. The molecule has 150 valence electrons. The Balaban J connectivity index is 2.07. The summed E-state index contributed by atoms with van der Waals surface area (Å²) in [5.41, 5.74) is 2.19. The standard InChI is InChI=1S/C24H30O4/c1-6-17(2)21(23(26)27-5)16-22(25)28-20-14-12-19(13-15-20)24(3,4)18-10-8-7-9-11-18/h7-15,17,21H,6,16H2,1-5H3. The molecule has 0 fully saturated rings. The summed E-state index contributed by atoms with van der Waals surface area (Å²) < 4.78 is 10.3. The molecule has 0 bridgehead atoms. The fourth-order valence-electron chi connectivity index (χ4n) is 3.27. The monoisotopic (exact) mass is 382 g/mol. The Hall–Kier alpha value is -2.62. The maximum absolute atomic E-state index is 12.3. The van der Waals surface area contributed by atoms with Crippen LogP contribution in [0.4, 0.5) is 0 Å². The van der Waals surface area contributed by atoms with Crippen molar-refractivity contribution in [2.24, 2.45) is 11.8 Å². The molecular weight excluding hydrogens is 352 g/mol. The van der Waals surface area contributed by atoms with Crippen LogP contribution in [0.1, 0.15) is 51.7 Å². The third-order valence-electron chi connectivity index (χ3n) is 5.52. The molecule has 0 N–H and O–H groups in total. The molecule has 28 heavy (non-hydrogen) atoms. The first kappa shape index (κ1) is 21.7. The number of carbonyl (C=O) groups excluding carboxylic acids is 2. The zero-order chi connectivity index (χ0) is 20.7. The Labute approximate surface area is 167 Å². The van der Waals surface area contributed by atoms with Crippen molar-refractivity contribution < 1.29 is 19.1 Å². The molecule has 2 rings (SSSR count). The number of benzene rings is 2. The summed E-state index contributed by atoms with van der Waals surface area (Å²) in [5, 5.41) is 0. The second kappa shape index (κ2) is 9.54. The van der Waals surface area contributed by atoms with Crippen LogP contribution in [0.2, 0.25) is 0 Å². The van der Waals surface area contributed by atoms with Gasteiger partial charge in [0, 0.05) is 5.41 Å². The molecule has 0 aliphatic heterocycles. The number of ether oxygens (including phenoxy) is 2. The van der Waals surface area contributed by atoms with Gasteiger partial charge in [-0.05, 0) is 29.2 Å².